The number of piperidine rings is 3. The second-order valence-electron chi connectivity index (χ2n) is 5.74. The van der Waals surface area contributed by atoms with E-state index in [2.05, 4.69) is 16.3 Å². The van der Waals surface area contributed by atoms with Gasteiger partial charge in [-0.3, -0.25) is 4.79 Å². The third-order valence-electron chi connectivity index (χ3n) is 4.62. The molecule has 1 unspecified atom stereocenters. The van der Waals surface area contributed by atoms with E-state index in [1.54, 1.807) is 0 Å². The molecule has 0 aromatic carbocycles. The van der Waals surface area contributed by atoms with Crippen molar-refractivity contribution in [2.24, 2.45) is 11.8 Å². The zero-order valence-electron chi connectivity index (χ0n) is 11.0. The lowest BCUT2D eigenvalue weighted by Crippen LogP contribution is -2.47. The number of amides is 1. The van der Waals surface area contributed by atoms with E-state index in [-0.39, 0.29) is 5.91 Å². The number of hydrogen-bond donors (Lipinski definition) is 1. The number of hydrogen-bond acceptors (Lipinski definition) is 3. The second kappa shape index (κ2) is 5.41. The molecule has 18 heavy (non-hydrogen) atoms. The van der Waals surface area contributed by atoms with Crippen molar-refractivity contribution in [2.45, 2.75) is 12.8 Å². The van der Waals surface area contributed by atoms with Crippen molar-refractivity contribution in [1.29, 1.82) is 0 Å². The first-order valence-corrected chi connectivity index (χ1v) is 7.23. The Kier molecular flexibility index (Phi) is 3.66. The minimum absolute atomic E-state index is 0.202. The van der Waals surface area contributed by atoms with Gasteiger partial charge in [0.2, 0.25) is 5.91 Å². The highest BCUT2D eigenvalue weighted by atomic mass is 16.2. The Labute approximate surface area is 109 Å². The first-order valence-electron chi connectivity index (χ1n) is 7.23. The van der Waals surface area contributed by atoms with Crippen molar-refractivity contribution in [3.05, 3.63) is 12.2 Å². The number of nitrogens with one attached hydrogen (secondary N) is 1. The minimum Gasteiger partial charge on any atom is -0.337 e. The van der Waals surface area contributed by atoms with E-state index in [4.69, 9.17) is 0 Å². The Hall–Kier alpha value is -0.870. The minimum atomic E-state index is 0.202. The van der Waals surface area contributed by atoms with Crippen LogP contribution in [0.2, 0.25) is 0 Å². The Balaban J connectivity index is 1.55. The molecule has 0 aromatic heterocycles. The topological polar surface area (TPSA) is 35.6 Å². The van der Waals surface area contributed by atoms with Crippen LogP contribution in [0.1, 0.15) is 12.8 Å². The number of carbonyl (C=O) groups is 1. The lowest BCUT2D eigenvalue weighted by Gasteiger charge is -2.43. The maximum absolute atomic E-state index is 12.0. The predicted molar refractivity (Wildman–Crippen MR) is 71.2 cm³/mol. The van der Waals surface area contributed by atoms with Crippen molar-refractivity contribution in [1.82, 2.24) is 15.1 Å². The van der Waals surface area contributed by atoms with Gasteiger partial charge in [-0.25, -0.2) is 0 Å². The monoisotopic (exact) mass is 249 g/mol. The van der Waals surface area contributed by atoms with Crippen molar-refractivity contribution < 1.29 is 4.79 Å². The summed E-state index contributed by atoms with van der Waals surface area (Å²) in [6.07, 6.45) is 6.64. The molecule has 4 heterocycles. The van der Waals surface area contributed by atoms with Crippen LogP contribution in [0.5, 0.6) is 0 Å². The maximum atomic E-state index is 12.0. The van der Waals surface area contributed by atoms with Gasteiger partial charge in [0.15, 0.2) is 0 Å². The number of carbonyl (C=O) groups excluding carboxylic acids is 1. The fourth-order valence-electron chi connectivity index (χ4n) is 3.43. The first kappa shape index (κ1) is 12.2. The molecule has 0 aliphatic carbocycles. The lowest BCUT2D eigenvalue weighted by atomic mass is 9.79. The highest BCUT2D eigenvalue weighted by Gasteiger charge is 2.32. The molecule has 4 aliphatic rings. The molecule has 0 aromatic rings. The highest BCUT2D eigenvalue weighted by molar-refractivity contribution is 5.87. The smallest absolute Gasteiger partial charge is 0.246 e. The number of fused-ring (bicyclic) bond motifs is 3. The molecule has 0 saturated carbocycles. The molecule has 1 amide bonds. The van der Waals surface area contributed by atoms with Gasteiger partial charge in [-0.05, 0) is 43.8 Å². The van der Waals surface area contributed by atoms with Gasteiger partial charge < -0.3 is 15.1 Å². The Morgan fingerprint density at radius 2 is 1.83 bits per heavy atom. The molecule has 4 aliphatic heterocycles. The van der Waals surface area contributed by atoms with Crippen LogP contribution >= 0.6 is 0 Å². The SMILES string of the molecule is O=C(/C=C/C1CN2CCC1CC2)N1CCNCC1. The summed E-state index contributed by atoms with van der Waals surface area (Å²) < 4.78 is 0. The molecular formula is C14H23N3O. The summed E-state index contributed by atoms with van der Waals surface area (Å²) in [6, 6.07) is 0. The maximum Gasteiger partial charge on any atom is 0.246 e. The summed E-state index contributed by atoms with van der Waals surface area (Å²) in [4.78, 5) is 16.5. The molecule has 4 nitrogen and oxygen atoms in total. The summed E-state index contributed by atoms with van der Waals surface area (Å²) in [5, 5.41) is 3.27. The third-order valence-corrected chi connectivity index (χ3v) is 4.62. The largest absolute Gasteiger partial charge is 0.337 e. The Morgan fingerprint density at radius 3 is 2.44 bits per heavy atom. The summed E-state index contributed by atoms with van der Waals surface area (Å²) >= 11 is 0. The van der Waals surface area contributed by atoms with E-state index in [9.17, 15) is 4.79 Å². The van der Waals surface area contributed by atoms with Crippen molar-refractivity contribution in [3.63, 3.8) is 0 Å². The van der Waals surface area contributed by atoms with Gasteiger partial charge in [0.25, 0.3) is 0 Å². The van der Waals surface area contributed by atoms with Gasteiger partial charge in [0.05, 0.1) is 0 Å². The Bertz CT molecular complexity index is 328. The van der Waals surface area contributed by atoms with Crippen LogP contribution in [-0.2, 0) is 4.79 Å². The van der Waals surface area contributed by atoms with Crippen molar-refractivity contribution in [3.8, 4) is 0 Å². The van der Waals surface area contributed by atoms with Crippen LogP contribution in [0, 0.1) is 11.8 Å². The Morgan fingerprint density at radius 1 is 1.11 bits per heavy atom. The molecule has 1 N–H and O–H groups in total. The number of piperazine rings is 1. The van der Waals surface area contributed by atoms with E-state index in [0.29, 0.717) is 5.92 Å². The van der Waals surface area contributed by atoms with Crippen LogP contribution in [-0.4, -0.2) is 61.5 Å². The van der Waals surface area contributed by atoms with Gasteiger partial charge in [0, 0.05) is 32.7 Å². The van der Waals surface area contributed by atoms with Gasteiger partial charge in [-0.1, -0.05) is 6.08 Å². The van der Waals surface area contributed by atoms with Crippen LogP contribution < -0.4 is 5.32 Å². The van der Waals surface area contributed by atoms with Crippen LogP contribution in [0.4, 0.5) is 0 Å². The predicted octanol–water partition coefficient (Wildman–Crippen LogP) is 0.316. The van der Waals surface area contributed by atoms with Gasteiger partial charge in [-0.2, -0.15) is 0 Å². The van der Waals surface area contributed by atoms with Crippen LogP contribution in [0.25, 0.3) is 0 Å². The molecule has 100 valence electrons. The average Bonchev–Trinajstić information content (AvgIpc) is 2.47. The van der Waals surface area contributed by atoms with Gasteiger partial charge >= 0.3 is 0 Å². The summed E-state index contributed by atoms with van der Waals surface area (Å²) in [5.41, 5.74) is 0. The molecule has 4 rings (SSSR count). The third kappa shape index (κ3) is 2.59. The van der Waals surface area contributed by atoms with E-state index < -0.39 is 0 Å². The molecule has 0 spiro atoms. The molecule has 4 heteroatoms. The van der Waals surface area contributed by atoms with E-state index in [0.717, 1.165) is 38.6 Å². The van der Waals surface area contributed by atoms with E-state index in [1.165, 1.54) is 25.9 Å². The summed E-state index contributed by atoms with van der Waals surface area (Å²) in [7, 11) is 0. The fraction of sp³-hybridized carbons (Fsp3) is 0.786. The summed E-state index contributed by atoms with van der Waals surface area (Å²) in [6.45, 7) is 7.25. The van der Waals surface area contributed by atoms with Gasteiger partial charge in [0.1, 0.15) is 0 Å². The number of nitrogens with zero attached hydrogens (tertiary/aromatic N) is 2. The molecule has 0 radical (unpaired) electrons. The highest BCUT2D eigenvalue weighted by Crippen LogP contribution is 2.32. The quantitative estimate of drug-likeness (QED) is 0.716. The van der Waals surface area contributed by atoms with Crippen LogP contribution in [0.15, 0.2) is 12.2 Å². The number of rotatable bonds is 2. The normalized spacial score (nSPS) is 36.2. The molecule has 1 atom stereocenters. The molecule has 2 bridgehead atoms. The standard InChI is InChI=1S/C14H23N3O/c18-14(17-9-5-15-6-10-17)2-1-13-11-16-7-3-12(13)4-8-16/h1-2,12-13,15H,3-11H2/b2-1+. The first-order chi connectivity index (χ1) is 8.83. The van der Waals surface area contributed by atoms with E-state index >= 15 is 0 Å². The summed E-state index contributed by atoms with van der Waals surface area (Å²) in [5.74, 6) is 1.63. The zero-order valence-corrected chi connectivity index (χ0v) is 11.0. The average molecular weight is 249 g/mol. The van der Waals surface area contributed by atoms with E-state index in [1.807, 2.05) is 11.0 Å². The lowest BCUT2D eigenvalue weighted by molar-refractivity contribution is -0.126. The fourth-order valence-corrected chi connectivity index (χ4v) is 3.43. The molecular weight excluding hydrogens is 226 g/mol. The van der Waals surface area contributed by atoms with Crippen molar-refractivity contribution in [2.75, 3.05) is 45.8 Å². The van der Waals surface area contributed by atoms with Crippen LogP contribution in [0.3, 0.4) is 0 Å². The molecule has 4 fully saturated rings. The molecule has 4 saturated heterocycles. The zero-order chi connectivity index (χ0) is 12.4. The van der Waals surface area contributed by atoms with Crippen molar-refractivity contribution >= 4 is 5.91 Å². The van der Waals surface area contributed by atoms with Gasteiger partial charge in [-0.15, -0.1) is 0 Å². The second-order valence-corrected chi connectivity index (χ2v) is 5.74.